The lowest BCUT2D eigenvalue weighted by molar-refractivity contribution is 0.0696. The van der Waals surface area contributed by atoms with E-state index in [9.17, 15) is 9.90 Å². The van der Waals surface area contributed by atoms with Crippen molar-refractivity contribution >= 4 is 11.7 Å². The van der Waals surface area contributed by atoms with E-state index < -0.39 is 5.97 Å². The molecule has 3 heteroatoms. The van der Waals surface area contributed by atoms with Gasteiger partial charge in [0.2, 0.25) is 0 Å². The van der Waals surface area contributed by atoms with Crippen molar-refractivity contribution in [1.82, 2.24) is 0 Å². The van der Waals surface area contributed by atoms with Crippen LogP contribution in [0.1, 0.15) is 40.9 Å². The maximum atomic E-state index is 11.3. The zero-order valence-electron chi connectivity index (χ0n) is 12.5. The number of carbonyl (C=O) groups is 1. The summed E-state index contributed by atoms with van der Waals surface area (Å²) in [4.78, 5) is 11.3. The summed E-state index contributed by atoms with van der Waals surface area (Å²) in [5.41, 5.74) is 4.84. The first kappa shape index (κ1) is 15.1. The number of hydrogen-bond donors (Lipinski definition) is 2. The topological polar surface area (TPSA) is 49.3 Å². The number of para-hydroxylation sites is 1. The van der Waals surface area contributed by atoms with Crippen molar-refractivity contribution in [2.75, 3.05) is 5.32 Å². The van der Waals surface area contributed by atoms with Crippen molar-refractivity contribution in [2.24, 2.45) is 0 Å². The van der Waals surface area contributed by atoms with Crippen LogP contribution in [0.25, 0.3) is 0 Å². The van der Waals surface area contributed by atoms with E-state index in [0.717, 1.165) is 24.1 Å². The van der Waals surface area contributed by atoms with Gasteiger partial charge < -0.3 is 10.4 Å². The molecule has 2 aromatic carbocycles. The van der Waals surface area contributed by atoms with Crippen molar-refractivity contribution in [1.29, 1.82) is 0 Å². The summed E-state index contributed by atoms with van der Waals surface area (Å²) in [6.45, 7) is 4.78. The van der Waals surface area contributed by atoms with E-state index in [1.54, 1.807) is 12.1 Å². The molecule has 0 amide bonds. The first-order valence-electron chi connectivity index (χ1n) is 7.33. The van der Waals surface area contributed by atoms with Gasteiger partial charge in [-0.1, -0.05) is 50.2 Å². The van der Waals surface area contributed by atoms with E-state index in [2.05, 4.69) is 37.4 Å². The Morgan fingerprint density at radius 1 is 0.952 bits per heavy atom. The average Bonchev–Trinajstić information content (AvgIpc) is 2.52. The van der Waals surface area contributed by atoms with Crippen LogP contribution in [0.5, 0.6) is 0 Å². The van der Waals surface area contributed by atoms with Crippen LogP contribution < -0.4 is 5.32 Å². The number of hydrogen-bond acceptors (Lipinski definition) is 2. The highest BCUT2D eigenvalue weighted by molar-refractivity contribution is 5.89. The fourth-order valence-corrected chi connectivity index (χ4v) is 2.54. The zero-order valence-corrected chi connectivity index (χ0v) is 12.5. The highest BCUT2D eigenvalue weighted by Gasteiger charge is 2.10. The van der Waals surface area contributed by atoms with Crippen molar-refractivity contribution < 1.29 is 9.90 Å². The summed E-state index contributed by atoms with van der Waals surface area (Å²) < 4.78 is 0. The predicted octanol–water partition coefficient (Wildman–Crippen LogP) is 4.12. The van der Waals surface area contributed by atoms with Gasteiger partial charge in [0.15, 0.2) is 0 Å². The molecule has 21 heavy (non-hydrogen) atoms. The third-order valence-electron chi connectivity index (χ3n) is 3.70. The minimum Gasteiger partial charge on any atom is -0.478 e. The van der Waals surface area contributed by atoms with E-state index >= 15 is 0 Å². The Balaban J connectivity index is 2.26. The van der Waals surface area contributed by atoms with Crippen LogP contribution in [0.3, 0.4) is 0 Å². The van der Waals surface area contributed by atoms with E-state index in [1.165, 1.54) is 11.1 Å². The van der Waals surface area contributed by atoms with Gasteiger partial charge in [0, 0.05) is 12.2 Å². The molecule has 2 N–H and O–H groups in total. The van der Waals surface area contributed by atoms with E-state index in [-0.39, 0.29) is 0 Å². The van der Waals surface area contributed by atoms with Crippen molar-refractivity contribution in [2.45, 2.75) is 33.2 Å². The Morgan fingerprint density at radius 2 is 1.52 bits per heavy atom. The molecule has 0 bridgehead atoms. The molecule has 0 radical (unpaired) electrons. The van der Waals surface area contributed by atoms with Crippen LogP contribution >= 0.6 is 0 Å². The lowest BCUT2D eigenvalue weighted by Gasteiger charge is -2.16. The molecule has 0 spiro atoms. The van der Waals surface area contributed by atoms with Gasteiger partial charge in [0.05, 0.1) is 5.56 Å². The minimum atomic E-state index is -0.883. The smallest absolute Gasteiger partial charge is 0.336 e. The quantitative estimate of drug-likeness (QED) is 0.838. The van der Waals surface area contributed by atoms with Gasteiger partial charge in [-0.05, 0) is 35.6 Å². The summed E-state index contributed by atoms with van der Waals surface area (Å²) in [5, 5.41) is 12.7. The largest absolute Gasteiger partial charge is 0.478 e. The molecule has 0 aromatic heterocycles. The number of carboxylic acids is 1. The van der Waals surface area contributed by atoms with Crippen molar-refractivity contribution in [3.63, 3.8) is 0 Å². The highest BCUT2D eigenvalue weighted by Crippen LogP contribution is 2.23. The molecule has 0 aliphatic rings. The van der Waals surface area contributed by atoms with Crippen molar-refractivity contribution in [3.8, 4) is 0 Å². The van der Waals surface area contributed by atoms with Gasteiger partial charge in [-0.15, -0.1) is 0 Å². The maximum absolute atomic E-state index is 11.3. The number of carboxylic acid groups (broad SMARTS) is 1. The van der Waals surface area contributed by atoms with Crippen molar-refractivity contribution in [3.05, 3.63) is 64.7 Å². The fraction of sp³-hybridized carbons (Fsp3) is 0.278. The van der Waals surface area contributed by atoms with Crippen LogP contribution in [0.15, 0.2) is 42.5 Å². The summed E-state index contributed by atoms with van der Waals surface area (Å²) in [7, 11) is 0. The lowest BCUT2D eigenvalue weighted by atomic mass is 10.0. The summed E-state index contributed by atoms with van der Waals surface area (Å²) in [6.07, 6.45) is 1.91. The molecule has 0 unspecified atom stereocenters. The van der Waals surface area contributed by atoms with Crippen LogP contribution in [-0.4, -0.2) is 11.1 Å². The van der Waals surface area contributed by atoms with Crippen LogP contribution in [0, 0.1) is 0 Å². The number of rotatable bonds is 6. The summed E-state index contributed by atoms with van der Waals surface area (Å²) in [5.74, 6) is -0.883. The van der Waals surface area contributed by atoms with Gasteiger partial charge in [-0.25, -0.2) is 4.79 Å². The van der Waals surface area contributed by atoms with Crippen LogP contribution in [0.2, 0.25) is 0 Å². The molecule has 0 atom stereocenters. The molecule has 0 saturated carbocycles. The van der Waals surface area contributed by atoms with E-state index in [4.69, 9.17) is 0 Å². The minimum absolute atomic E-state index is 0.358. The molecule has 2 aromatic rings. The molecule has 0 heterocycles. The fourth-order valence-electron chi connectivity index (χ4n) is 2.54. The first-order valence-corrected chi connectivity index (χ1v) is 7.33. The zero-order chi connectivity index (χ0) is 15.2. The molecule has 0 aliphatic heterocycles. The molecule has 3 nitrogen and oxygen atoms in total. The molecular formula is C18H21NO2. The van der Waals surface area contributed by atoms with E-state index in [1.807, 2.05) is 12.1 Å². The molecule has 0 fully saturated rings. The van der Waals surface area contributed by atoms with Gasteiger partial charge in [-0.2, -0.15) is 0 Å². The first-order chi connectivity index (χ1) is 10.2. The third kappa shape index (κ3) is 3.43. The standard InChI is InChI=1S/C18H21NO2/c1-3-13-9-7-10-14(4-2)17(13)19-12-15-8-5-6-11-16(15)18(20)21/h5-11,19H,3-4,12H2,1-2H3,(H,20,21). The second-order valence-corrected chi connectivity index (χ2v) is 4.97. The predicted molar refractivity (Wildman–Crippen MR) is 85.9 cm³/mol. The van der Waals surface area contributed by atoms with Crippen LogP contribution in [-0.2, 0) is 19.4 Å². The summed E-state index contributed by atoms with van der Waals surface area (Å²) >= 11 is 0. The molecule has 0 saturated heterocycles. The molecule has 110 valence electrons. The summed E-state index contributed by atoms with van der Waals surface area (Å²) in [6, 6.07) is 13.4. The normalized spacial score (nSPS) is 10.4. The van der Waals surface area contributed by atoms with Gasteiger partial charge in [0.1, 0.15) is 0 Å². The lowest BCUT2D eigenvalue weighted by Crippen LogP contribution is -2.09. The number of nitrogens with one attached hydrogen (secondary N) is 1. The van der Waals surface area contributed by atoms with Gasteiger partial charge in [0.25, 0.3) is 0 Å². The Labute approximate surface area is 125 Å². The monoisotopic (exact) mass is 283 g/mol. The average molecular weight is 283 g/mol. The Kier molecular flexibility index (Phi) is 4.99. The van der Waals surface area contributed by atoms with Crippen LogP contribution in [0.4, 0.5) is 5.69 Å². The number of aryl methyl sites for hydroxylation is 2. The SMILES string of the molecule is CCc1cccc(CC)c1NCc1ccccc1C(=O)O. The van der Waals surface area contributed by atoms with Gasteiger partial charge >= 0.3 is 5.97 Å². The molecule has 0 aliphatic carbocycles. The highest BCUT2D eigenvalue weighted by atomic mass is 16.4. The second-order valence-electron chi connectivity index (χ2n) is 4.97. The number of benzene rings is 2. The third-order valence-corrected chi connectivity index (χ3v) is 3.70. The Morgan fingerprint density at radius 3 is 2.10 bits per heavy atom. The van der Waals surface area contributed by atoms with E-state index in [0.29, 0.717) is 12.1 Å². The second kappa shape index (κ2) is 6.93. The van der Waals surface area contributed by atoms with Gasteiger partial charge in [-0.3, -0.25) is 0 Å². The Bertz CT molecular complexity index is 613. The maximum Gasteiger partial charge on any atom is 0.336 e. The number of anilines is 1. The molecule has 2 rings (SSSR count). The molecular weight excluding hydrogens is 262 g/mol. The Hall–Kier alpha value is -2.29. The number of aromatic carboxylic acids is 1.